The van der Waals surface area contributed by atoms with Crippen LogP contribution >= 0.6 is 11.6 Å². The van der Waals surface area contributed by atoms with E-state index in [2.05, 4.69) is 10.3 Å². The first-order chi connectivity index (χ1) is 11.5. The number of para-hydroxylation sites is 1. The molecule has 2 aromatic rings. The first kappa shape index (κ1) is 17.7. The highest BCUT2D eigenvalue weighted by Gasteiger charge is 2.21. The van der Waals surface area contributed by atoms with Crippen molar-refractivity contribution in [3.63, 3.8) is 0 Å². The number of halogens is 1. The third kappa shape index (κ3) is 4.70. The molecule has 1 amide bonds. The van der Waals surface area contributed by atoms with E-state index in [1.54, 1.807) is 36.4 Å². The Kier molecular flexibility index (Phi) is 6.14. The zero-order valence-electron chi connectivity index (χ0n) is 13.3. The van der Waals surface area contributed by atoms with Gasteiger partial charge in [0, 0.05) is 6.20 Å². The molecule has 6 nitrogen and oxygen atoms in total. The fourth-order valence-electron chi connectivity index (χ4n) is 1.87. The Balaban J connectivity index is 2.00. The maximum Gasteiger partial charge on any atom is 0.342 e. The van der Waals surface area contributed by atoms with Crippen molar-refractivity contribution >= 4 is 29.3 Å². The van der Waals surface area contributed by atoms with Crippen molar-refractivity contribution in [2.24, 2.45) is 0 Å². The van der Waals surface area contributed by atoms with Crippen LogP contribution in [0.3, 0.4) is 0 Å². The zero-order valence-corrected chi connectivity index (χ0v) is 14.0. The number of amides is 1. The van der Waals surface area contributed by atoms with E-state index in [0.717, 1.165) is 0 Å². The van der Waals surface area contributed by atoms with E-state index in [1.165, 1.54) is 13.1 Å². The molecule has 0 saturated heterocycles. The fourth-order valence-corrected chi connectivity index (χ4v) is 1.98. The number of anilines is 1. The molecule has 24 heavy (non-hydrogen) atoms. The van der Waals surface area contributed by atoms with Gasteiger partial charge in [0.15, 0.2) is 6.10 Å². The molecular weight excluding hydrogens is 332 g/mol. The second-order valence-corrected chi connectivity index (χ2v) is 5.26. The van der Waals surface area contributed by atoms with Gasteiger partial charge in [-0.3, -0.25) is 4.79 Å². The number of rotatable bonds is 6. The normalized spacial score (nSPS) is 11.5. The lowest BCUT2D eigenvalue weighted by Crippen LogP contribution is -2.30. The van der Waals surface area contributed by atoms with Gasteiger partial charge in [-0.25, -0.2) is 9.78 Å². The number of carbonyl (C=O) groups excluding carboxylic acids is 2. The molecule has 0 aliphatic heterocycles. The minimum atomic E-state index is -0.996. The van der Waals surface area contributed by atoms with Crippen molar-refractivity contribution < 1.29 is 19.1 Å². The molecule has 1 heterocycles. The summed E-state index contributed by atoms with van der Waals surface area (Å²) < 4.78 is 10.6. The van der Waals surface area contributed by atoms with E-state index < -0.39 is 18.0 Å². The van der Waals surface area contributed by atoms with Crippen molar-refractivity contribution in [3.05, 3.63) is 53.2 Å². The number of nitrogens with one attached hydrogen (secondary N) is 1. The van der Waals surface area contributed by atoms with Crippen molar-refractivity contribution in [1.29, 1.82) is 0 Å². The molecule has 1 atom stereocenters. The quantitative estimate of drug-likeness (QED) is 0.810. The predicted octanol–water partition coefficient (Wildman–Crippen LogP) is 3.32. The van der Waals surface area contributed by atoms with E-state index in [1.807, 2.05) is 6.92 Å². The fraction of sp³-hybridized carbons (Fsp3) is 0.235. The number of carbonyl (C=O) groups is 2. The van der Waals surface area contributed by atoms with Gasteiger partial charge >= 0.3 is 5.97 Å². The molecular formula is C17H17ClN2O4. The van der Waals surface area contributed by atoms with Crippen LogP contribution < -0.4 is 10.1 Å². The number of aromatic nitrogens is 1. The van der Waals surface area contributed by atoms with Crippen LogP contribution in [0.1, 0.15) is 24.2 Å². The summed E-state index contributed by atoms with van der Waals surface area (Å²) in [5, 5.41) is 3.01. The molecule has 2 rings (SSSR count). The smallest absolute Gasteiger partial charge is 0.342 e. The van der Waals surface area contributed by atoms with Crippen LogP contribution in [0.5, 0.6) is 5.75 Å². The highest BCUT2D eigenvalue weighted by Crippen LogP contribution is 2.19. The topological polar surface area (TPSA) is 77.5 Å². The number of pyridine rings is 1. The average molecular weight is 349 g/mol. The number of hydrogen-bond donors (Lipinski definition) is 1. The monoisotopic (exact) mass is 348 g/mol. The summed E-state index contributed by atoms with van der Waals surface area (Å²) >= 11 is 5.73. The first-order valence-corrected chi connectivity index (χ1v) is 7.74. The Bertz CT molecular complexity index is 719. The van der Waals surface area contributed by atoms with Crippen molar-refractivity contribution in [3.8, 4) is 5.75 Å². The summed E-state index contributed by atoms with van der Waals surface area (Å²) in [6.07, 6.45) is 0.413. The lowest BCUT2D eigenvalue weighted by molar-refractivity contribution is -0.123. The lowest BCUT2D eigenvalue weighted by Gasteiger charge is -2.14. The summed E-state index contributed by atoms with van der Waals surface area (Å²) in [7, 11) is 0. The maximum atomic E-state index is 12.2. The average Bonchev–Trinajstić information content (AvgIpc) is 2.57. The van der Waals surface area contributed by atoms with Crippen LogP contribution in [0, 0.1) is 0 Å². The van der Waals surface area contributed by atoms with E-state index in [0.29, 0.717) is 23.2 Å². The molecule has 0 radical (unpaired) electrons. The molecule has 1 aromatic heterocycles. The number of ether oxygens (including phenoxy) is 2. The van der Waals surface area contributed by atoms with Crippen molar-refractivity contribution in [1.82, 2.24) is 4.98 Å². The first-order valence-electron chi connectivity index (χ1n) is 7.36. The summed E-state index contributed by atoms with van der Waals surface area (Å²) in [5.74, 6) is -0.392. The second-order valence-electron chi connectivity index (χ2n) is 4.83. The van der Waals surface area contributed by atoms with Gasteiger partial charge in [-0.2, -0.15) is 0 Å². The molecule has 0 aliphatic carbocycles. The van der Waals surface area contributed by atoms with Gasteiger partial charge in [-0.1, -0.05) is 23.7 Å². The third-order valence-corrected chi connectivity index (χ3v) is 3.26. The zero-order chi connectivity index (χ0) is 17.5. The SMILES string of the molecule is CCOc1ccccc1C(=O)O[C@H](C)C(=O)Nc1ccc(Cl)cn1. The molecule has 126 valence electrons. The molecule has 0 fully saturated rings. The van der Waals surface area contributed by atoms with Gasteiger partial charge in [0.2, 0.25) is 0 Å². The van der Waals surface area contributed by atoms with Crippen molar-refractivity contribution in [2.75, 3.05) is 11.9 Å². The van der Waals surface area contributed by atoms with Crippen molar-refractivity contribution in [2.45, 2.75) is 20.0 Å². The second kappa shape index (κ2) is 8.31. The van der Waals surface area contributed by atoms with E-state index in [4.69, 9.17) is 21.1 Å². The van der Waals surface area contributed by atoms with Gasteiger partial charge in [0.05, 0.1) is 11.6 Å². The molecule has 0 unspecified atom stereocenters. The van der Waals surface area contributed by atoms with Crippen LogP contribution in [-0.2, 0) is 9.53 Å². The molecule has 1 N–H and O–H groups in total. The van der Waals surface area contributed by atoms with Crippen LogP contribution in [-0.4, -0.2) is 29.6 Å². The Morgan fingerprint density at radius 1 is 1.25 bits per heavy atom. The minimum Gasteiger partial charge on any atom is -0.493 e. The number of nitrogens with zero attached hydrogens (tertiary/aromatic N) is 1. The van der Waals surface area contributed by atoms with E-state index >= 15 is 0 Å². The Morgan fingerprint density at radius 3 is 2.67 bits per heavy atom. The summed E-state index contributed by atoms with van der Waals surface area (Å²) in [6.45, 7) is 3.71. The largest absolute Gasteiger partial charge is 0.493 e. The highest BCUT2D eigenvalue weighted by atomic mass is 35.5. The van der Waals surface area contributed by atoms with Crippen LogP contribution in [0.15, 0.2) is 42.6 Å². The van der Waals surface area contributed by atoms with Gasteiger partial charge < -0.3 is 14.8 Å². The summed E-state index contributed by atoms with van der Waals surface area (Å²) in [6, 6.07) is 9.85. The van der Waals surface area contributed by atoms with Gasteiger partial charge in [-0.15, -0.1) is 0 Å². The number of esters is 1. The van der Waals surface area contributed by atoms with E-state index in [-0.39, 0.29) is 5.56 Å². The lowest BCUT2D eigenvalue weighted by atomic mass is 10.2. The van der Waals surface area contributed by atoms with E-state index in [9.17, 15) is 9.59 Å². The van der Waals surface area contributed by atoms with Gasteiger partial charge in [0.1, 0.15) is 17.1 Å². The van der Waals surface area contributed by atoms with Crippen LogP contribution in [0.2, 0.25) is 5.02 Å². The van der Waals surface area contributed by atoms with Gasteiger partial charge in [0.25, 0.3) is 5.91 Å². The minimum absolute atomic E-state index is 0.267. The molecule has 0 bridgehead atoms. The number of hydrogen-bond acceptors (Lipinski definition) is 5. The third-order valence-electron chi connectivity index (χ3n) is 3.04. The summed E-state index contributed by atoms with van der Waals surface area (Å²) in [5.41, 5.74) is 0.267. The standard InChI is InChI=1S/C17H17ClN2O4/c1-3-23-14-7-5-4-6-13(14)17(22)24-11(2)16(21)20-15-9-8-12(18)10-19-15/h4-11H,3H2,1-2H3,(H,19,20,21)/t11-/m1/s1. The molecule has 0 saturated carbocycles. The summed E-state index contributed by atoms with van der Waals surface area (Å²) in [4.78, 5) is 28.3. The Labute approximate surface area is 144 Å². The highest BCUT2D eigenvalue weighted by molar-refractivity contribution is 6.30. The maximum absolute atomic E-state index is 12.2. The number of benzene rings is 1. The molecule has 7 heteroatoms. The Morgan fingerprint density at radius 2 is 2.00 bits per heavy atom. The molecule has 0 aliphatic rings. The molecule has 0 spiro atoms. The molecule has 1 aromatic carbocycles. The Hall–Kier alpha value is -2.60. The van der Waals surface area contributed by atoms with Crippen LogP contribution in [0.25, 0.3) is 0 Å². The van der Waals surface area contributed by atoms with Crippen LogP contribution in [0.4, 0.5) is 5.82 Å². The predicted molar refractivity (Wildman–Crippen MR) is 90.4 cm³/mol. The van der Waals surface area contributed by atoms with Gasteiger partial charge in [-0.05, 0) is 38.1 Å².